The average Bonchev–Trinajstić information content (AvgIpc) is 3.20. The fourth-order valence-electron chi connectivity index (χ4n) is 3.68. The van der Waals surface area contributed by atoms with Crippen LogP contribution < -0.4 is 15.4 Å². The molecule has 1 aliphatic heterocycles. The Morgan fingerprint density at radius 3 is 2.70 bits per heavy atom. The maximum absolute atomic E-state index is 12.0. The summed E-state index contributed by atoms with van der Waals surface area (Å²) in [5.41, 5.74) is 0.735. The van der Waals surface area contributed by atoms with E-state index in [4.69, 9.17) is 14.2 Å². The van der Waals surface area contributed by atoms with Crippen LogP contribution in [0.25, 0.3) is 0 Å². The van der Waals surface area contributed by atoms with E-state index in [9.17, 15) is 4.79 Å². The number of hydrogen-bond donors (Lipinski definition) is 2. The summed E-state index contributed by atoms with van der Waals surface area (Å²) in [5.74, 6) is 1.40. The van der Waals surface area contributed by atoms with E-state index >= 15 is 0 Å². The van der Waals surface area contributed by atoms with Gasteiger partial charge >= 0.3 is 6.03 Å². The maximum atomic E-state index is 12.0. The van der Waals surface area contributed by atoms with Crippen LogP contribution in [0.15, 0.2) is 24.3 Å². The molecule has 1 aromatic carbocycles. The zero-order valence-electron chi connectivity index (χ0n) is 16.2. The average molecular weight is 376 g/mol. The van der Waals surface area contributed by atoms with E-state index < -0.39 is 0 Å². The molecule has 1 saturated carbocycles. The summed E-state index contributed by atoms with van der Waals surface area (Å²) in [6, 6.07) is 7.18. The van der Waals surface area contributed by atoms with Gasteiger partial charge in [0.1, 0.15) is 12.4 Å². The molecule has 6 heteroatoms. The lowest BCUT2D eigenvalue weighted by molar-refractivity contribution is -0.00232. The summed E-state index contributed by atoms with van der Waals surface area (Å²) >= 11 is 0. The third-order valence-corrected chi connectivity index (χ3v) is 5.32. The van der Waals surface area contributed by atoms with Crippen molar-refractivity contribution >= 4 is 11.7 Å². The van der Waals surface area contributed by atoms with Gasteiger partial charge in [0.2, 0.25) is 0 Å². The van der Waals surface area contributed by atoms with Crippen LogP contribution in [0, 0.1) is 5.92 Å². The highest BCUT2D eigenvalue weighted by Gasteiger charge is 2.21. The van der Waals surface area contributed by atoms with E-state index in [2.05, 4.69) is 17.6 Å². The molecule has 2 N–H and O–H groups in total. The van der Waals surface area contributed by atoms with E-state index in [0.29, 0.717) is 31.8 Å². The predicted octanol–water partition coefficient (Wildman–Crippen LogP) is 3.96. The number of hydrogen-bond acceptors (Lipinski definition) is 4. The monoisotopic (exact) mass is 376 g/mol. The van der Waals surface area contributed by atoms with Crippen molar-refractivity contribution in [1.82, 2.24) is 5.32 Å². The minimum absolute atomic E-state index is 0.201. The molecule has 150 valence electrons. The molecular weight excluding hydrogens is 344 g/mol. The van der Waals surface area contributed by atoms with Crippen LogP contribution in [0.1, 0.15) is 45.4 Å². The smallest absolute Gasteiger partial charge is 0.319 e. The zero-order chi connectivity index (χ0) is 18.9. The SMILES string of the molecule is CC1CCCCC1OCCNC(=O)Nc1ccc(OCC2CCCO2)cc1. The van der Waals surface area contributed by atoms with Crippen molar-refractivity contribution in [3.8, 4) is 5.75 Å². The Balaban J connectivity index is 1.30. The minimum atomic E-state index is -0.219. The fraction of sp³-hybridized carbons (Fsp3) is 0.667. The Labute approximate surface area is 161 Å². The first-order chi connectivity index (χ1) is 13.2. The normalized spacial score (nSPS) is 25.1. The summed E-state index contributed by atoms with van der Waals surface area (Å²) in [4.78, 5) is 12.0. The fourth-order valence-corrected chi connectivity index (χ4v) is 3.68. The van der Waals surface area contributed by atoms with E-state index in [1.807, 2.05) is 24.3 Å². The van der Waals surface area contributed by atoms with Gasteiger partial charge in [-0.3, -0.25) is 0 Å². The van der Waals surface area contributed by atoms with Crippen LogP contribution >= 0.6 is 0 Å². The number of urea groups is 1. The summed E-state index contributed by atoms with van der Waals surface area (Å²) in [6.45, 7) is 4.72. The number of carbonyl (C=O) groups excluding carboxylic acids is 1. The van der Waals surface area contributed by atoms with Gasteiger partial charge in [-0.2, -0.15) is 0 Å². The standard InChI is InChI=1S/C21H32N2O4/c1-16-5-2-3-7-20(16)26-14-12-22-21(24)23-17-8-10-18(11-9-17)27-15-19-6-4-13-25-19/h8-11,16,19-20H,2-7,12-15H2,1H3,(H2,22,23,24). The lowest BCUT2D eigenvalue weighted by Crippen LogP contribution is -2.34. The van der Waals surface area contributed by atoms with Crippen molar-refractivity contribution in [3.63, 3.8) is 0 Å². The molecule has 2 fully saturated rings. The number of carbonyl (C=O) groups is 1. The van der Waals surface area contributed by atoms with Crippen molar-refractivity contribution in [2.75, 3.05) is 31.7 Å². The molecule has 3 unspecified atom stereocenters. The van der Waals surface area contributed by atoms with Gasteiger partial charge in [-0.15, -0.1) is 0 Å². The van der Waals surface area contributed by atoms with Crippen molar-refractivity contribution in [2.24, 2.45) is 5.92 Å². The minimum Gasteiger partial charge on any atom is -0.491 e. The molecule has 0 radical (unpaired) electrons. The largest absolute Gasteiger partial charge is 0.491 e. The van der Waals surface area contributed by atoms with E-state index in [-0.39, 0.29) is 12.1 Å². The molecule has 1 aromatic rings. The number of ether oxygens (including phenoxy) is 3. The molecule has 0 bridgehead atoms. The number of rotatable bonds is 8. The van der Waals surface area contributed by atoms with Crippen LogP contribution in [0.4, 0.5) is 10.5 Å². The maximum Gasteiger partial charge on any atom is 0.319 e. The molecule has 0 spiro atoms. The van der Waals surface area contributed by atoms with E-state index in [0.717, 1.165) is 37.3 Å². The van der Waals surface area contributed by atoms with Crippen LogP contribution in [-0.4, -0.2) is 44.6 Å². The first-order valence-corrected chi connectivity index (χ1v) is 10.2. The lowest BCUT2D eigenvalue weighted by atomic mass is 9.88. The number of nitrogens with one attached hydrogen (secondary N) is 2. The molecule has 1 aliphatic carbocycles. The second kappa shape index (κ2) is 10.5. The van der Waals surface area contributed by atoms with Crippen molar-refractivity contribution in [1.29, 1.82) is 0 Å². The molecule has 0 aromatic heterocycles. The predicted molar refractivity (Wildman–Crippen MR) is 105 cm³/mol. The highest BCUT2D eigenvalue weighted by Crippen LogP contribution is 2.26. The Morgan fingerprint density at radius 2 is 1.96 bits per heavy atom. The Morgan fingerprint density at radius 1 is 1.15 bits per heavy atom. The van der Waals surface area contributed by atoms with Crippen LogP contribution in [-0.2, 0) is 9.47 Å². The molecule has 27 heavy (non-hydrogen) atoms. The third kappa shape index (κ3) is 6.70. The number of benzene rings is 1. The van der Waals surface area contributed by atoms with Gasteiger partial charge in [0.15, 0.2) is 0 Å². The van der Waals surface area contributed by atoms with Crippen molar-refractivity contribution in [2.45, 2.75) is 57.7 Å². The quantitative estimate of drug-likeness (QED) is 0.674. The Bertz CT molecular complexity index is 572. The summed E-state index contributed by atoms with van der Waals surface area (Å²) in [5, 5.41) is 5.67. The molecule has 6 nitrogen and oxygen atoms in total. The van der Waals surface area contributed by atoms with Gasteiger partial charge < -0.3 is 24.8 Å². The Hall–Kier alpha value is -1.79. The van der Waals surface area contributed by atoms with Crippen molar-refractivity contribution < 1.29 is 19.0 Å². The van der Waals surface area contributed by atoms with Gasteiger partial charge in [0.25, 0.3) is 0 Å². The number of anilines is 1. The molecule has 3 rings (SSSR count). The topological polar surface area (TPSA) is 68.8 Å². The van der Waals surface area contributed by atoms with Crippen molar-refractivity contribution in [3.05, 3.63) is 24.3 Å². The van der Waals surface area contributed by atoms with Crippen LogP contribution in [0.5, 0.6) is 5.75 Å². The molecule has 1 saturated heterocycles. The second-order valence-corrected chi connectivity index (χ2v) is 7.52. The van der Waals surface area contributed by atoms with Crippen LogP contribution in [0.2, 0.25) is 0 Å². The number of amides is 2. The van der Waals surface area contributed by atoms with Gasteiger partial charge in [-0.25, -0.2) is 4.79 Å². The van der Waals surface area contributed by atoms with E-state index in [1.54, 1.807) is 0 Å². The van der Waals surface area contributed by atoms with Gasteiger partial charge in [-0.1, -0.05) is 19.8 Å². The third-order valence-electron chi connectivity index (χ3n) is 5.32. The first-order valence-electron chi connectivity index (χ1n) is 10.2. The van der Waals surface area contributed by atoms with Crippen LogP contribution in [0.3, 0.4) is 0 Å². The molecule has 3 atom stereocenters. The first kappa shape index (κ1) is 20.0. The molecule has 2 amide bonds. The van der Waals surface area contributed by atoms with E-state index in [1.165, 1.54) is 19.3 Å². The van der Waals surface area contributed by atoms with Gasteiger partial charge in [0, 0.05) is 18.8 Å². The highest BCUT2D eigenvalue weighted by molar-refractivity contribution is 5.89. The molecular formula is C21H32N2O4. The van der Waals surface area contributed by atoms with Gasteiger partial charge in [0.05, 0.1) is 18.8 Å². The summed E-state index contributed by atoms with van der Waals surface area (Å²) in [6.07, 6.45) is 7.63. The highest BCUT2D eigenvalue weighted by atomic mass is 16.5. The Kier molecular flexibility index (Phi) is 7.78. The molecule has 2 aliphatic rings. The summed E-state index contributed by atoms with van der Waals surface area (Å²) < 4.78 is 17.2. The lowest BCUT2D eigenvalue weighted by Gasteiger charge is -2.28. The second-order valence-electron chi connectivity index (χ2n) is 7.52. The zero-order valence-corrected chi connectivity index (χ0v) is 16.2. The molecule has 1 heterocycles. The summed E-state index contributed by atoms with van der Waals surface area (Å²) in [7, 11) is 0. The van der Waals surface area contributed by atoms with Gasteiger partial charge in [-0.05, 0) is 55.9 Å².